The lowest BCUT2D eigenvalue weighted by Crippen LogP contribution is -1.96. The Morgan fingerprint density at radius 3 is 2.65 bits per heavy atom. The van der Waals surface area contributed by atoms with Gasteiger partial charge in [-0.3, -0.25) is 0 Å². The van der Waals surface area contributed by atoms with Crippen molar-refractivity contribution in [3.05, 3.63) is 69.2 Å². The zero-order chi connectivity index (χ0) is 14.4. The van der Waals surface area contributed by atoms with Gasteiger partial charge in [0, 0.05) is 21.1 Å². The molecule has 0 spiro atoms. The van der Waals surface area contributed by atoms with Crippen molar-refractivity contribution < 1.29 is 4.74 Å². The summed E-state index contributed by atoms with van der Waals surface area (Å²) in [7, 11) is 0. The number of rotatable bonds is 4. The van der Waals surface area contributed by atoms with Crippen molar-refractivity contribution in [3.8, 4) is 11.8 Å². The van der Waals surface area contributed by atoms with Gasteiger partial charge in [-0.25, -0.2) is 0 Å². The Kier molecular flexibility index (Phi) is 5.23. The number of halogens is 2. The van der Waals surface area contributed by atoms with Gasteiger partial charge in [0.25, 0.3) is 0 Å². The van der Waals surface area contributed by atoms with Crippen LogP contribution in [0.1, 0.15) is 11.1 Å². The van der Waals surface area contributed by atoms with Crippen LogP contribution in [-0.2, 0) is 6.61 Å². The zero-order valence-corrected chi connectivity index (χ0v) is 12.9. The average Bonchev–Trinajstić information content (AvgIpc) is 2.46. The van der Waals surface area contributed by atoms with Gasteiger partial charge in [0.1, 0.15) is 12.4 Å². The highest BCUT2D eigenvalue weighted by molar-refractivity contribution is 9.10. The molecule has 0 aliphatic heterocycles. The molecule has 2 aromatic rings. The van der Waals surface area contributed by atoms with E-state index in [2.05, 4.69) is 15.9 Å². The number of allylic oxidation sites excluding steroid dienone is 1. The van der Waals surface area contributed by atoms with Crippen LogP contribution in [0.3, 0.4) is 0 Å². The average molecular weight is 349 g/mol. The van der Waals surface area contributed by atoms with E-state index in [0.29, 0.717) is 11.6 Å². The van der Waals surface area contributed by atoms with Crippen molar-refractivity contribution >= 4 is 33.6 Å². The summed E-state index contributed by atoms with van der Waals surface area (Å²) in [6, 6.07) is 15.2. The van der Waals surface area contributed by atoms with Crippen molar-refractivity contribution in [1.29, 1.82) is 5.26 Å². The van der Waals surface area contributed by atoms with E-state index in [-0.39, 0.29) is 0 Å². The summed E-state index contributed by atoms with van der Waals surface area (Å²) in [5, 5.41) is 9.32. The summed E-state index contributed by atoms with van der Waals surface area (Å²) in [6.45, 7) is 0.451. The molecular formula is C16H11BrClNO. The minimum atomic E-state index is 0.451. The summed E-state index contributed by atoms with van der Waals surface area (Å²) >= 11 is 9.25. The molecule has 0 heterocycles. The second-order valence-corrected chi connectivity index (χ2v) is 5.41. The second-order valence-electron chi connectivity index (χ2n) is 4.06. The first-order valence-corrected chi connectivity index (χ1v) is 7.09. The molecule has 2 aromatic carbocycles. The van der Waals surface area contributed by atoms with E-state index in [1.54, 1.807) is 6.08 Å². The number of hydrogen-bond acceptors (Lipinski definition) is 2. The number of benzene rings is 2. The van der Waals surface area contributed by atoms with E-state index in [1.165, 1.54) is 6.08 Å². The van der Waals surface area contributed by atoms with Crippen LogP contribution in [0.4, 0.5) is 0 Å². The molecule has 2 nitrogen and oxygen atoms in total. The van der Waals surface area contributed by atoms with Crippen LogP contribution >= 0.6 is 27.5 Å². The van der Waals surface area contributed by atoms with Crippen LogP contribution in [0.15, 0.2) is 53.0 Å². The van der Waals surface area contributed by atoms with Gasteiger partial charge < -0.3 is 4.74 Å². The molecule has 0 saturated heterocycles. The van der Waals surface area contributed by atoms with Crippen LogP contribution in [-0.4, -0.2) is 0 Å². The number of nitriles is 1. The first kappa shape index (κ1) is 14.6. The first-order chi connectivity index (χ1) is 9.69. The van der Waals surface area contributed by atoms with Gasteiger partial charge in [0.05, 0.1) is 6.07 Å². The first-order valence-electron chi connectivity index (χ1n) is 5.92. The minimum Gasteiger partial charge on any atom is -0.488 e. The topological polar surface area (TPSA) is 33.0 Å². The van der Waals surface area contributed by atoms with E-state index in [1.807, 2.05) is 48.5 Å². The molecule has 0 aromatic heterocycles. The lowest BCUT2D eigenvalue weighted by Gasteiger charge is -2.10. The highest BCUT2D eigenvalue weighted by Crippen LogP contribution is 2.25. The van der Waals surface area contributed by atoms with Gasteiger partial charge >= 0.3 is 0 Å². The Labute approximate surface area is 131 Å². The molecule has 0 atom stereocenters. The number of nitrogens with zero attached hydrogens (tertiary/aromatic N) is 1. The quantitative estimate of drug-likeness (QED) is 0.710. The summed E-state index contributed by atoms with van der Waals surface area (Å²) in [5.41, 5.74) is 1.89. The van der Waals surface area contributed by atoms with E-state index in [4.69, 9.17) is 21.6 Å². The molecule has 2 rings (SSSR count). The Balaban J connectivity index is 2.14. The molecule has 20 heavy (non-hydrogen) atoms. The summed E-state index contributed by atoms with van der Waals surface area (Å²) in [6.07, 6.45) is 3.15. The van der Waals surface area contributed by atoms with E-state index >= 15 is 0 Å². The number of hydrogen-bond donors (Lipinski definition) is 0. The van der Waals surface area contributed by atoms with Crippen LogP contribution in [0.25, 0.3) is 6.08 Å². The van der Waals surface area contributed by atoms with Gasteiger partial charge in [0.15, 0.2) is 0 Å². The molecule has 0 N–H and O–H groups in total. The third-order valence-corrected chi connectivity index (χ3v) is 3.36. The third-order valence-electron chi connectivity index (χ3n) is 2.62. The molecule has 0 unspecified atom stereocenters. The molecule has 4 heteroatoms. The second kappa shape index (κ2) is 7.14. The SMILES string of the molecule is N#CC=Cc1cc(Br)ccc1OCc1ccc(Cl)cc1. The molecule has 0 aliphatic carbocycles. The van der Waals surface area contributed by atoms with Crippen molar-refractivity contribution in [3.63, 3.8) is 0 Å². The Morgan fingerprint density at radius 2 is 1.95 bits per heavy atom. The molecule has 0 bridgehead atoms. The van der Waals surface area contributed by atoms with E-state index in [0.717, 1.165) is 21.3 Å². The van der Waals surface area contributed by atoms with E-state index < -0.39 is 0 Å². The zero-order valence-electron chi connectivity index (χ0n) is 10.5. The standard InChI is InChI=1S/C16H11BrClNO/c17-14-5-8-16(13(10-14)2-1-9-19)20-11-12-3-6-15(18)7-4-12/h1-8,10H,11H2. The van der Waals surface area contributed by atoms with Crippen molar-refractivity contribution in [1.82, 2.24) is 0 Å². The summed E-state index contributed by atoms with van der Waals surface area (Å²) in [4.78, 5) is 0. The van der Waals surface area contributed by atoms with Crippen molar-refractivity contribution in [2.75, 3.05) is 0 Å². The molecule has 100 valence electrons. The molecule has 0 radical (unpaired) electrons. The fourth-order valence-corrected chi connectivity index (χ4v) is 2.15. The minimum absolute atomic E-state index is 0.451. The Bertz CT molecular complexity index is 659. The fraction of sp³-hybridized carbons (Fsp3) is 0.0625. The molecule has 0 aliphatic rings. The highest BCUT2D eigenvalue weighted by Gasteiger charge is 2.03. The maximum absolute atomic E-state index is 8.62. The lowest BCUT2D eigenvalue weighted by molar-refractivity contribution is 0.305. The van der Waals surface area contributed by atoms with Crippen LogP contribution in [0, 0.1) is 11.3 Å². The smallest absolute Gasteiger partial charge is 0.127 e. The van der Waals surface area contributed by atoms with Crippen LogP contribution in [0.2, 0.25) is 5.02 Å². The van der Waals surface area contributed by atoms with E-state index in [9.17, 15) is 0 Å². The lowest BCUT2D eigenvalue weighted by atomic mass is 10.2. The molecular weight excluding hydrogens is 338 g/mol. The maximum Gasteiger partial charge on any atom is 0.127 e. The van der Waals surface area contributed by atoms with Gasteiger partial charge in [0.2, 0.25) is 0 Å². The Hall–Kier alpha value is -1.76. The van der Waals surface area contributed by atoms with Crippen LogP contribution < -0.4 is 4.74 Å². The Morgan fingerprint density at radius 1 is 1.20 bits per heavy atom. The predicted molar refractivity (Wildman–Crippen MR) is 84.6 cm³/mol. The fourth-order valence-electron chi connectivity index (χ4n) is 1.65. The van der Waals surface area contributed by atoms with Crippen molar-refractivity contribution in [2.24, 2.45) is 0 Å². The number of ether oxygens (including phenoxy) is 1. The highest BCUT2D eigenvalue weighted by atomic mass is 79.9. The third kappa shape index (κ3) is 4.12. The molecule has 0 fully saturated rings. The van der Waals surface area contributed by atoms with Gasteiger partial charge in [-0.15, -0.1) is 0 Å². The molecule has 0 amide bonds. The van der Waals surface area contributed by atoms with Crippen molar-refractivity contribution in [2.45, 2.75) is 6.61 Å². The molecule has 0 saturated carbocycles. The normalized spacial score (nSPS) is 10.4. The van der Waals surface area contributed by atoms with Gasteiger partial charge in [-0.1, -0.05) is 39.7 Å². The largest absolute Gasteiger partial charge is 0.488 e. The summed E-state index contributed by atoms with van der Waals surface area (Å²) in [5.74, 6) is 0.731. The maximum atomic E-state index is 8.62. The van der Waals surface area contributed by atoms with Gasteiger partial charge in [-0.05, 0) is 42.0 Å². The predicted octanol–water partition coefficient (Wildman–Crippen LogP) is 5.22. The monoisotopic (exact) mass is 347 g/mol. The van der Waals surface area contributed by atoms with Crippen LogP contribution in [0.5, 0.6) is 5.75 Å². The summed E-state index contributed by atoms with van der Waals surface area (Å²) < 4.78 is 6.73. The van der Waals surface area contributed by atoms with Gasteiger partial charge in [-0.2, -0.15) is 5.26 Å².